The fourth-order valence-corrected chi connectivity index (χ4v) is 3.03. The zero-order chi connectivity index (χ0) is 13.5. The Labute approximate surface area is 112 Å². The highest BCUT2D eigenvalue weighted by molar-refractivity contribution is 5.79. The maximum Gasteiger partial charge on any atom is 0.223 e. The van der Waals surface area contributed by atoms with E-state index in [2.05, 4.69) is 26.1 Å². The van der Waals surface area contributed by atoms with Crippen molar-refractivity contribution in [3.05, 3.63) is 0 Å². The summed E-state index contributed by atoms with van der Waals surface area (Å²) in [5.74, 6) is 2.27. The number of ether oxygens (including phenoxy) is 1. The van der Waals surface area contributed by atoms with Crippen LogP contribution in [0.1, 0.15) is 47.0 Å². The first-order valence-corrected chi connectivity index (χ1v) is 7.41. The average molecular weight is 255 g/mol. The van der Waals surface area contributed by atoms with Crippen molar-refractivity contribution in [1.82, 2.24) is 5.32 Å². The van der Waals surface area contributed by atoms with E-state index in [-0.39, 0.29) is 11.8 Å². The summed E-state index contributed by atoms with van der Waals surface area (Å²) in [6, 6.07) is 0. The molecule has 3 heteroatoms. The third kappa shape index (κ3) is 4.60. The maximum absolute atomic E-state index is 12.3. The van der Waals surface area contributed by atoms with Crippen molar-refractivity contribution in [2.75, 3.05) is 19.8 Å². The molecular formula is C15H29NO2. The smallest absolute Gasteiger partial charge is 0.223 e. The average Bonchev–Trinajstić information content (AvgIpc) is 2.34. The fraction of sp³-hybridized carbons (Fsp3) is 0.933. The van der Waals surface area contributed by atoms with Crippen molar-refractivity contribution in [2.45, 2.75) is 47.0 Å². The van der Waals surface area contributed by atoms with Gasteiger partial charge in [-0.15, -0.1) is 0 Å². The van der Waals surface area contributed by atoms with Gasteiger partial charge in [-0.2, -0.15) is 0 Å². The van der Waals surface area contributed by atoms with Gasteiger partial charge in [-0.1, -0.05) is 27.2 Å². The Morgan fingerprint density at radius 2 is 2.11 bits per heavy atom. The molecule has 1 aliphatic rings. The molecular weight excluding hydrogens is 226 g/mol. The van der Waals surface area contributed by atoms with Crippen molar-refractivity contribution in [3.8, 4) is 0 Å². The molecule has 1 aliphatic carbocycles. The number of carbonyl (C=O) groups excluding carboxylic acids is 1. The Kier molecular flexibility index (Phi) is 6.69. The third-order valence-corrected chi connectivity index (χ3v) is 4.11. The summed E-state index contributed by atoms with van der Waals surface area (Å²) in [7, 11) is 0. The normalized spacial score (nSPS) is 28.4. The molecule has 0 aromatic heterocycles. The van der Waals surface area contributed by atoms with E-state index in [9.17, 15) is 4.79 Å². The van der Waals surface area contributed by atoms with Gasteiger partial charge >= 0.3 is 0 Å². The molecule has 0 radical (unpaired) electrons. The monoisotopic (exact) mass is 255 g/mol. The Balaban J connectivity index is 2.45. The van der Waals surface area contributed by atoms with Gasteiger partial charge in [0.2, 0.25) is 5.91 Å². The minimum Gasteiger partial charge on any atom is -0.380 e. The number of rotatable bonds is 6. The zero-order valence-electron chi connectivity index (χ0n) is 12.4. The molecule has 3 atom stereocenters. The lowest BCUT2D eigenvalue weighted by Crippen LogP contribution is -2.41. The van der Waals surface area contributed by atoms with Crippen LogP contribution in [0.2, 0.25) is 0 Å². The molecule has 106 valence electrons. The van der Waals surface area contributed by atoms with Crippen molar-refractivity contribution >= 4 is 5.91 Å². The van der Waals surface area contributed by atoms with Crippen LogP contribution in [0.4, 0.5) is 0 Å². The largest absolute Gasteiger partial charge is 0.380 e. The van der Waals surface area contributed by atoms with Crippen LogP contribution in [0.5, 0.6) is 0 Å². The fourth-order valence-electron chi connectivity index (χ4n) is 3.03. The number of amides is 1. The van der Waals surface area contributed by atoms with Crippen LogP contribution < -0.4 is 5.32 Å². The molecule has 1 fully saturated rings. The summed E-state index contributed by atoms with van der Waals surface area (Å²) in [5.41, 5.74) is 0. The number of hydrogen-bond acceptors (Lipinski definition) is 2. The SMILES string of the molecule is CCOCCNC(=O)[C@@H]1C[C@H](C)CCC1C(C)C. The first-order chi connectivity index (χ1) is 8.56. The highest BCUT2D eigenvalue weighted by atomic mass is 16.5. The molecule has 0 bridgehead atoms. The van der Waals surface area contributed by atoms with Gasteiger partial charge in [0, 0.05) is 19.1 Å². The molecule has 0 saturated heterocycles. The van der Waals surface area contributed by atoms with Crippen LogP contribution in [-0.2, 0) is 9.53 Å². The van der Waals surface area contributed by atoms with Crippen LogP contribution in [0.25, 0.3) is 0 Å². The molecule has 1 unspecified atom stereocenters. The van der Waals surface area contributed by atoms with Crippen molar-refractivity contribution in [1.29, 1.82) is 0 Å². The minimum absolute atomic E-state index is 0.204. The minimum atomic E-state index is 0.204. The van der Waals surface area contributed by atoms with E-state index in [1.165, 1.54) is 12.8 Å². The van der Waals surface area contributed by atoms with Crippen molar-refractivity contribution in [2.24, 2.45) is 23.7 Å². The van der Waals surface area contributed by atoms with E-state index in [4.69, 9.17) is 4.74 Å². The van der Waals surface area contributed by atoms with Gasteiger partial charge in [0.25, 0.3) is 0 Å². The maximum atomic E-state index is 12.3. The second kappa shape index (κ2) is 7.78. The second-order valence-corrected chi connectivity index (χ2v) is 5.92. The van der Waals surface area contributed by atoms with Gasteiger partial charge in [-0.05, 0) is 37.5 Å². The molecule has 1 rings (SSSR count). The lowest BCUT2D eigenvalue weighted by atomic mass is 9.70. The van der Waals surface area contributed by atoms with Crippen LogP contribution in [0.15, 0.2) is 0 Å². The van der Waals surface area contributed by atoms with E-state index in [0.29, 0.717) is 37.5 Å². The predicted molar refractivity (Wildman–Crippen MR) is 74.3 cm³/mol. The molecule has 18 heavy (non-hydrogen) atoms. The molecule has 0 aliphatic heterocycles. The summed E-state index contributed by atoms with van der Waals surface area (Å²) >= 11 is 0. The number of nitrogens with one attached hydrogen (secondary N) is 1. The Morgan fingerprint density at radius 1 is 1.39 bits per heavy atom. The molecule has 3 nitrogen and oxygen atoms in total. The zero-order valence-corrected chi connectivity index (χ0v) is 12.4. The molecule has 1 saturated carbocycles. The lowest BCUT2D eigenvalue weighted by molar-refractivity contribution is -0.129. The van der Waals surface area contributed by atoms with E-state index in [0.717, 1.165) is 6.42 Å². The molecule has 0 aromatic carbocycles. The molecule has 1 N–H and O–H groups in total. The van der Waals surface area contributed by atoms with E-state index in [1.807, 2.05) is 6.92 Å². The van der Waals surface area contributed by atoms with E-state index in [1.54, 1.807) is 0 Å². The molecule has 0 spiro atoms. The van der Waals surface area contributed by atoms with Gasteiger partial charge in [-0.3, -0.25) is 4.79 Å². The molecule has 1 amide bonds. The quantitative estimate of drug-likeness (QED) is 0.741. The van der Waals surface area contributed by atoms with Crippen molar-refractivity contribution in [3.63, 3.8) is 0 Å². The predicted octanol–water partition coefficient (Wildman–Crippen LogP) is 2.85. The topological polar surface area (TPSA) is 38.3 Å². The highest BCUT2D eigenvalue weighted by Gasteiger charge is 2.35. The Morgan fingerprint density at radius 3 is 2.72 bits per heavy atom. The summed E-state index contributed by atoms with van der Waals surface area (Å²) < 4.78 is 5.25. The van der Waals surface area contributed by atoms with Crippen LogP contribution in [0, 0.1) is 23.7 Å². The standard InChI is InChI=1S/C15H29NO2/c1-5-18-9-8-16-15(17)14-10-12(4)6-7-13(14)11(2)3/h11-14H,5-10H2,1-4H3,(H,16,17)/t12-,13?,14-/m1/s1. The van der Waals surface area contributed by atoms with Crippen LogP contribution >= 0.6 is 0 Å². The van der Waals surface area contributed by atoms with Gasteiger partial charge in [0.15, 0.2) is 0 Å². The number of carbonyl (C=O) groups is 1. The first-order valence-electron chi connectivity index (χ1n) is 7.41. The first kappa shape index (κ1) is 15.5. The summed E-state index contributed by atoms with van der Waals surface area (Å²) in [6.07, 6.45) is 3.51. The number of hydrogen-bond donors (Lipinski definition) is 1. The van der Waals surface area contributed by atoms with Gasteiger partial charge in [0.05, 0.1) is 6.61 Å². The van der Waals surface area contributed by atoms with Gasteiger partial charge in [0.1, 0.15) is 0 Å². The summed E-state index contributed by atoms with van der Waals surface area (Å²) in [5, 5.41) is 3.03. The summed E-state index contributed by atoms with van der Waals surface area (Å²) in [6.45, 7) is 10.7. The summed E-state index contributed by atoms with van der Waals surface area (Å²) in [4.78, 5) is 12.3. The van der Waals surface area contributed by atoms with Crippen LogP contribution in [-0.4, -0.2) is 25.7 Å². The van der Waals surface area contributed by atoms with Gasteiger partial charge < -0.3 is 10.1 Å². The van der Waals surface area contributed by atoms with Crippen molar-refractivity contribution < 1.29 is 9.53 Å². The molecule has 0 heterocycles. The second-order valence-electron chi connectivity index (χ2n) is 5.92. The molecule has 0 aromatic rings. The highest BCUT2D eigenvalue weighted by Crippen LogP contribution is 2.37. The Bertz CT molecular complexity index is 253. The lowest BCUT2D eigenvalue weighted by Gasteiger charge is -2.36. The Hall–Kier alpha value is -0.570. The van der Waals surface area contributed by atoms with Gasteiger partial charge in [-0.25, -0.2) is 0 Å². The van der Waals surface area contributed by atoms with E-state index < -0.39 is 0 Å². The van der Waals surface area contributed by atoms with E-state index >= 15 is 0 Å². The van der Waals surface area contributed by atoms with Crippen LogP contribution in [0.3, 0.4) is 0 Å². The third-order valence-electron chi connectivity index (χ3n) is 4.11.